The molecule has 15 heavy (non-hydrogen) atoms. The van der Waals surface area contributed by atoms with Crippen molar-refractivity contribution >= 4 is 11.4 Å². The van der Waals surface area contributed by atoms with Crippen LogP contribution in [0.1, 0.15) is 37.3 Å². The van der Waals surface area contributed by atoms with Crippen LogP contribution in [0.5, 0.6) is 0 Å². The first-order valence-electron chi connectivity index (χ1n) is 5.59. The number of aryl methyl sites for hydroxylation is 1. The quantitative estimate of drug-likeness (QED) is 0.715. The SMILES string of the molecule is CCc1ccc(C2=CCC(=O)CC2)cc1. The number of benzene rings is 1. The second-order valence-corrected chi connectivity index (χ2v) is 4.02. The minimum absolute atomic E-state index is 0.365. The minimum Gasteiger partial charge on any atom is -0.299 e. The Morgan fingerprint density at radius 2 is 1.87 bits per heavy atom. The molecule has 1 aromatic carbocycles. The predicted octanol–water partition coefficient (Wildman–Crippen LogP) is 3.39. The zero-order valence-corrected chi connectivity index (χ0v) is 9.12. The molecule has 78 valence electrons. The van der Waals surface area contributed by atoms with Gasteiger partial charge in [-0.25, -0.2) is 0 Å². The van der Waals surface area contributed by atoms with E-state index in [1.807, 2.05) is 0 Å². The Hall–Kier alpha value is -1.37. The third-order valence-corrected chi connectivity index (χ3v) is 2.98. The third kappa shape index (κ3) is 2.35. The summed E-state index contributed by atoms with van der Waals surface area (Å²) in [7, 11) is 0. The molecule has 1 nitrogen and oxygen atoms in total. The molecular formula is C14H16O. The Morgan fingerprint density at radius 1 is 1.13 bits per heavy atom. The number of allylic oxidation sites excluding steroid dienone is 2. The van der Waals surface area contributed by atoms with E-state index in [1.165, 1.54) is 16.7 Å². The molecule has 0 aliphatic heterocycles. The molecule has 0 saturated carbocycles. The molecule has 0 bridgehead atoms. The van der Waals surface area contributed by atoms with Gasteiger partial charge in [0.15, 0.2) is 0 Å². The molecular weight excluding hydrogens is 184 g/mol. The highest BCUT2D eigenvalue weighted by Gasteiger charge is 2.11. The zero-order chi connectivity index (χ0) is 10.7. The van der Waals surface area contributed by atoms with Gasteiger partial charge in [0.2, 0.25) is 0 Å². The van der Waals surface area contributed by atoms with Crippen LogP contribution >= 0.6 is 0 Å². The lowest BCUT2D eigenvalue weighted by Gasteiger charge is -2.12. The van der Waals surface area contributed by atoms with E-state index in [2.05, 4.69) is 37.3 Å². The Kier molecular flexibility index (Phi) is 3.00. The number of rotatable bonds is 2. The first-order chi connectivity index (χ1) is 7.29. The van der Waals surface area contributed by atoms with Gasteiger partial charge in [-0.15, -0.1) is 0 Å². The summed E-state index contributed by atoms with van der Waals surface area (Å²) in [6.45, 7) is 2.16. The van der Waals surface area contributed by atoms with E-state index in [0.717, 1.165) is 12.8 Å². The highest BCUT2D eigenvalue weighted by Crippen LogP contribution is 2.25. The summed E-state index contributed by atoms with van der Waals surface area (Å²) in [6, 6.07) is 8.68. The van der Waals surface area contributed by atoms with E-state index >= 15 is 0 Å². The Balaban J connectivity index is 2.19. The molecule has 1 aliphatic carbocycles. The van der Waals surface area contributed by atoms with Gasteiger partial charge in [-0.2, -0.15) is 0 Å². The van der Waals surface area contributed by atoms with Crippen molar-refractivity contribution in [2.45, 2.75) is 32.6 Å². The van der Waals surface area contributed by atoms with Crippen LogP contribution in [0.4, 0.5) is 0 Å². The van der Waals surface area contributed by atoms with Gasteiger partial charge in [-0.05, 0) is 29.5 Å². The summed E-state index contributed by atoms with van der Waals surface area (Å²) >= 11 is 0. The number of hydrogen-bond acceptors (Lipinski definition) is 1. The maximum atomic E-state index is 11.1. The Morgan fingerprint density at radius 3 is 2.40 bits per heavy atom. The summed E-state index contributed by atoms with van der Waals surface area (Å²) in [5.74, 6) is 0.365. The molecule has 0 amide bonds. The molecule has 0 saturated heterocycles. The van der Waals surface area contributed by atoms with Crippen molar-refractivity contribution in [3.8, 4) is 0 Å². The van der Waals surface area contributed by atoms with E-state index in [9.17, 15) is 4.79 Å². The van der Waals surface area contributed by atoms with Gasteiger partial charge in [0.05, 0.1) is 0 Å². The predicted molar refractivity (Wildman–Crippen MR) is 62.7 cm³/mol. The number of ketones is 1. The fraction of sp³-hybridized carbons (Fsp3) is 0.357. The highest BCUT2D eigenvalue weighted by atomic mass is 16.1. The fourth-order valence-corrected chi connectivity index (χ4v) is 1.93. The lowest BCUT2D eigenvalue weighted by atomic mass is 9.92. The maximum Gasteiger partial charge on any atom is 0.137 e. The van der Waals surface area contributed by atoms with Crippen LogP contribution in [0.2, 0.25) is 0 Å². The van der Waals surface area contributed by atoms with Crippen molar-refractivity contribution in [1.82, 2.24) is 0 Å². The van der Waals surface area contributed by atoms with Crippen LogP contribution in [0.3, 0.4) is 0 Å². The van der Waals surface area contributed by atoms with Gasteiger partial charge in [0.25, 0.3) is 0 Å². The summed E-state index contributed by atoms with van der Waals surface area (Å²) in [6.07, 6.45) is 5.39. The van der Waals surface area contributed by atoms with Gasteiger partial charge >= 0.3 is 0 Å². The smallest absolute Gasteiger partial charge is 0.137 e. The second kappa shape index (κ2) is 4.43. The van der Waals surface area contributed by atoms with Crippen LogP contribution in [0, 0.1) is 0 Å². The van der Waals surface area contributed by atoms with E-state index in [1.54, 1.807) is 0 Å². The van der Waals surface area contributed by atoms with Crippen LogP contribution in [0.25, 0.3) is 5.57 Å². The molecule has 0 spiro atoms. The average Bonchev–Trinajstić information content (AvgIpc) is 2.30. The molecule has 0 N–H and O–H groups in total. The van der Waals surface area contributed by atoms with Crippen LogP contribution < -0.4 is 0 Å². The van der Waals surface area contributed by atoms with Gasteiger partial charge in [-0.1, -0.05) is 37.3 Å². The number of hydrogen-bond donors (Lipinski definition) is 0. The summed E-state index contributed by atoms with van der Waals surface area (Å²) in [4.78, 5) is 11.1. The summed E-state index contributed by atoms with van der Waals surface area (Å²) < 4.78 is 0. The van der Waals surface area contributed by atoms with Crippen molar-refractivity contribution in [3.05, 3.63) is 41.5 Å². The summed E-state index contributed by atoms with van der Waals surface area (Å²) in [5, 5.41) is 0. The third-order valence-electron chi connectivity index (χ3n) is 2.98. The summed E-state index contributed by atoms with van der Waals surface area (Å²) in [5.41, 5.74) is 3.98. The second-order valence-electron chi connectivity index (χ2n) is 4.02. The largest absolute Gasteiger partial charge is 0.299 e. The minimum atomic E-state index is 0.365. The van der Waals surface area contributed by atoms with Crippen molar-refractivity contribution in [2.24, 2.45) is 0 Å². The molecule has 1 aromatic rings. The first kappa shape index (κ1) is 10.2. The van der Waals surface area contributed by atoms with Gasteiger partial charge in [0, 0.05) is 12.8 Å². The van der Waals surface area contributed by atoms with Crippen molar-refractivity contribution < 1.29 is 4.79 Å². The monoisotopic (exact) mass is 200 g/mol. The van der Waals surface area contributed by atoms with E-state index in [0.29, 0.717) is 18.6 Å². The highest BCUT2D eigenvalue weighted by molar-refractivity contribution is 5.86. The van der Waals surface area contributed by atoms with Crippen molar-refractivity contribution in [1.29, 1.82) is 0 Å². The lowest BCUT2D eigenvalue weighted by molar-refractivity contribution is -0.118. The molecule has 0 heterocycles. The van der Waals surface area contributed by atoms with E-state index in [4.69, 9.17) is 0 Å². The molecule has 0 fully saturated rings. The Labute approximate surface area is 90.8 Å². The van der Waals surface area contributed by atoms with Crippen LogP contribution in [-0.2, 0) is 11.2 Å². The zero-order valence-electron chi connectivity index (χ0n) is 9.12. The van der Waals surface area contributed by atoms with Gasteiger partial charge < -0.3 is 0 Å². The topological polar surface area (TPSA) is 17.1 Å². The molecule has 0 atom stereocenters. The van der Waals surface area contributed by atoms with E-state index < -0.39 is 0 Å². The standard InChI is InChI=1S/C14H16O/c1-2-11-3-5-12(6-4-11)13-7-9-14(15)10-8-13/h3-7H,2,8-10H2,1H3. The first-order valence-corrected chi connectivity index (χ1v) is 5.59. The number of carbonyl (C=O) groups is 1. The maximum absolute atomic E-state index is 11.1. The number of carbonyl (C=O) groups excluding carboxylic acids is 1. The molecule has 1 aliphatic rings. The molecule has 0 aromatic heterocycles. The van der Waals surface area contributed by atoms with Gasteiger partial charge in [0.1, 0.15) is 5.78 Å². The van der Waals surface area contributed by atoms with Gasteiger partial charge in [-0.3, -0.25) is 4.79 Å². The van der Waals surface area contributed by atoms with Crippen LogP contribution in [0.15, 0.2) is 30.3 Å². The normalized spacial score (nSPS) is 16.3. The fourth-order valence-electron chi connectivity index (χ4n) is 1.93. The van der Waals surface area contributed by atoms with Crippen molar-refractivity contribution in [3.63, 3.8) is 0 Å². The molecule has 0 unspecified atom stereocenters. The van der Waals surface area contributed by atoms with Crippen molar-refractivity contribution in [2.75, 3.05) is 0 Å². The molecule has 2 rings (SSSR count). The lowest BCUT2D eigenvalue weighted by Crippen LogP contribution is -2.02. The number of Topliss-reactive ketones (excluding diaryl/α,β-unsaturated/α-hetero) is 1. The molecule has 1 heteroatoms. The average molecular weight is 200 g/mol. The Bertz CT molecular complexity index is 384. The van der Waals surface area contributed by atoms with E-state index in [-0.39, 0.29) is 0 Å². The molecule has 0 radical (unpaired) electrons. The van der Waals surface area contributed by atoms with Crippen LogP contribution in [-0.4, -0.2) is 5.78 Å².